The Morgan fingerprint density at radius 1 is 0.900 bits per heavy atom. The summed E-state index contributed by atoms with van der Waals surface area (Å²) in [4.78, 5) is 0. The van der Waals surface area contributed by atoms with E-state index >= 15 is 0 Å². The third-order valence-corrected chi connectivity index (χ3v) is 0.964. The van der Waals surface area contributed by atoms with Gasteiger partial charge in [0, 0.05) is 0 Å². The van der Waals surface area contributed by atoms with Crippen molar-refractivity contribution < 1.29 is 13.2 Å². The van der Waals surface area contributed by atoms with Gasteiger partial charge in [-0.3, -0.25) is 0 Å². The maximum atomic E-state index is 11.2. The van der Waals surface area contributed by atoms with Crippen molar-refractivity contribution in [3.63, 3.8) is 0 Å². The fourth-order valence-corrected chi connectivity index (χ4v) is 0. The van der Waals surface area contributed by atoms with Crippen LogP contribution in [-0.2, 0) is 0 Å². The van der Waals surface area contributed by atoms with Gasteiger partial charge in [-0.2, -0.15) is 13.2 Å². The predicted molar refractivity (Wildman–Crippen MR) is 37.6 cm³/mol. The van der Waals surface area contributed by atoms with Crippen LogP contribution in [0.15, 0.2) is 13.2 Å². The average Bonchev–Trinajstić information content (AvgIpc) is 1.66. The molecule has 6 heteroatoms. The van der Waals surface area contributed by atoms with Crippen LogP contribution in [0, 0.1) is 0 Å². The first-order valence-corrected chi connectivity index (χ1v) is 3.02. The molecule has 0 saturated heterocycles. The van der Waals surface area contributed by atoms with Crippen LogP contribution in [0.1, 0.15) is 0 Å². The van der Waals surface area contributed by atoms with Gasteiger partial charge in [-0.15, -0.1) is 13.2 Å². The molecule has 0 aliphatic heterocycles. The molecule has 0 nitrogen and oxygen atoms in total. The maximum Gasteiger partial charge on any atom is 0.435 e. The molecule has 0 radical (unpaired) electrons. The van der Waals surface area contributed by atoms with Crippen LogP contribution < -0.4 is 0 Å². The van der Waals surface area contributed by atoms with Crippen LogP contribution in [0.25, 0.3) is 0 Å². The molecule has 0 amide bonds. The van der Waals surface area contributed by atoms with Crippen LogP contribution in [0.5, 0.6) is 0 Å². The Bertz CT molecular complexity index is 80.9. The highest BCUT2D eigenvalue weighted by molar-refractivity contribution is 6.68. The Morgan fingerprint density at radius 2 is 1.00 bits per heavy atom. The SMILES string of the molecule is C=C.FC(F)(F)C(Cl)(Cl)Cl. The Balaban J connectivity index is 0. The molecule has 0 fully saturated rings. The van der Waals surface area contributed by atoms with E-state index in [-0.39, 0.29) is 0 Å². The summed E-state index contributed by atoms with van der Waals surface area (Å²) in [5, 5.41) is 0. The zero-order valence-corrected chi connectivity index (χ0v) is 6.95. The first kappa shape index (κ1) is 13.0. The minimum Gasteiger partial charge on any atom is -0.166 e. The summed E-state index contributed by atoms with van der Waals surface area (Å²) in [5.74, 6) is 0. The first-order valence-electron chi connectivity index (χ1n) is 1.88. The van der Waals surface area contributed by atoms with Gasteiger partial charge in [0.1, 0.15) is 0 Å². The minimum atomic E-state index is -4.77. The van der Waals surface area contributed by atoms with Gasteiger partial charge in [0.25, 0.3) is 3.79 Å². The summed E-state index contributed by atoms with van der Waals surface area (Å²) >= 11 is 13.2. The monoisotopic (exact) mass is 214 g/mol. The molecule has 0 aromatic heterocycles. The molecule has 0 atom stereocenters. The fourth-order valence-electron chi connectivity index (χ4n) is 0. The van der Waals surface area contributed by atoms with E-state index in [1.54, 1.807) is 0 Å². The van der Waals surface area contributed by atoms with Crippen molar-refractivity contribution in [1.29, 1.82) is 0 Å². The summed E-state index contributed by atoms with van der Waals surface area (Å²) in [6.45, 7) is 6.00. The molecule has 0 spiro atoms. The van der Waals surface area contributed by atoms with E-state index in [4.69, 9.17) is 0 Å². The lowest BCUT2D eigenvalue weighted by molar-refractivity contribution is -0.124. The van der Waals surface area contributed by atoms with Gasteiger partial charge in [-0.05, 0) is 0 Å². The number of hydrogen-bond acceptors (Lipinski definition) is 0. The molecule has 0 rings (SSSR count). The highest BCUT2D eigenvalue weighted by Gasteiger charge is 2.51. The smallest absolute Gasteiger partial charge is 0.166 e. The Kier molecular flexibility index (Phi) is 5.62. The highest BCUT2D eigenvalue weighted by atomic mass is 35.6. The van der Waals surface area contributed by atoms with Crippen molar-refractivity contribution in [2.75, 3.05) is 0 Å². The molecule has 0 aromatic rings. The lowest BCUT2D eigenvalue weighted by atomic mass is 10.8. The quantitative estimate of drug-likeness (QED) is 0.427. The largest absolute Gasteiger partial charge is 0.435 e. The van der Waals surface area contributed by atoms with E-state index < -0.39 is 9.97 Å². The molecule has 62 valence electrons. The summed E-state index contributed by atoms with van der Waals surface area (Å²) < 4.78 is 30.4. The van der Waals surface area contributed by atoms with E-state index in [2.05, 4.69) is 48.0 Å². The second-order valence-electron chi connectivity index (χ2n) is 0.996. The van der Waals surface area contributed by atoms with Crippen LogP contribution in [-0.4, -0.2) is 9.97 Å². The van der Waals surface area contributed by atoms with Gasteiger partial charge in [0.05, 0.1) is 0 Å². The van der Waals surface area contributed by atoms with Crippen molar-refractivity contribution in [1.82, 2.24) is 0 Å². The van der Waals surface area contributed by atoms with Gasteiger partial charge in [-0.1, -0.05) is 34.8 Å². The van der Waals surface area contributed by atoms with Crippen molar-refractivity contribution in [3.8, 4) is 0 Å². The maximum absolute atomic E-state index is 11.2. The summed E-state index contributed by atoms with van der Waals surface area (Å²) in [6, 6.07) is 0. The molecule has 0 aliphatic rings. The number of rotatable bonds is 0. The second kappa shape index (κ2) is 4.31. The Morgan fingerprint density at radius 3 is 1.00 bits per heavy atom. The van der Waals surface area contributed by atoms with Gasteiger partial charge in [0.15, 0.2) is 0 Å². The summed E-state index contributed by atoms with van der Waals surface area (Å²) in [5.41, 5.74) is 0. The third kappa shape index (κ3) is 5.21. The van der Waals surface area contributed by atoms with Crippen molar-refractivity contribution in [3.05, 3.63) is 13.2 Å². The molecule has 0 unspecified atom stereocenters. The number of halogens is 6. The zero-order valence-electron chi connectivity index (χ0n) is 4.68. The van der Waals surface area contributed by atoms with Crippen LogP contribution in [0.3, 0.4) is 0 Å². The lowest BCUT2D eigenvalue weighted by Crippen LogP contribution is -2.27. The topological polar surface area (TPSA) is 0 Å². The highest BCUT2D eigenvalue weighted by Crippen LogP contribution is 2.42. The van der Waals surface area contributed by atoms with Crippen molar-refractivity contribution >= 4 is 34.8 Å². The second-order valence-corrected chi connectivity index (χ2v) is 3.28. The molecule has 0 heterocycles. The minimum absolute atomic E-state index is 3.00. The van der Waals surface area contributed by atoms with Crippen molar-refractivity contribution in [2.24, 2.45) is 0 Å². The van der Waals surface area contributed by atoms with Gasteiger partial charge in [0.2, 0.25) is 0 Å². The molecular formula is C4H4Cl3F3. The summed E-state index contributed by atoms with van der Waals surface area (Å²) in [6.07, 6.45) is -4.77. The van der Waals surface area contributed by atoms with Crippen LogP contribution in [0.2, 0.25) is 0 Å². The molecular weight excluding hydrogens is 211 g/mol. The Hall–Kier alpha value is 0.400. The van der Waals surface area contributed by atoms with Crippen LogP contribution >= 0.6 is 34.8 Å². The average molecular weight is 215 g/mol. The third-order valence-electron chi connectivity index (χ3n) is 0.321. The molecule has 10 heavy (non-hydrogen) atoms. The lowest BCUT2D eigenvalue weighted by Gasteiger charge is -2.13. The molecule has 0 aromatic carbocycles. The molecule has 0 saturated carbocycles. The molecule has 0 aliphatic carbocycles. The first-order chi connectivity index (χ1) is 4.25. The van der Waals surface area contributed by atoms with E-state index in [1.165, 1.54) is 0 Å². The predicted octanol–water partition coefficient (Wildman–Crippen LogP) is 3.72. The Labute approximate surface area is 71.6 Å². The van der Waals surface area contributed by atoms with Gasteiger partial charge < -0.3 is 0 Å². The van der Waals surface area contributed by atoms with Gasteiger partial charge >= 0.3 is 6.18 Å². The standard InChI is InChI=1S/C2Cl3F3.C2H4/c3-1(4,5)2(6,7)8;1-2/h;1-2H2. The number of hydrogen-bond donors (Lipinski definition) is 0. The van der Waals surface area contributed by atoms with E-state index in [9.17, 15) is 13.2 Å². The van der Waals surface area contributed by atoms with E-state index in [0.29, 0.717) is 0 Å². The normalized spacial score (nSPS) is 11.8. The van der Waals surface area contributed by atoms with Crippen LogP contribution in [0.4, 0.5) is 13.2 Å². The van der Waals surface area contributed by atoms with Gasteiger partial charge in [-0.25, -0.2) is 0 Å². The molecule has 0 bridgehead atoms. The van der Waals surface area contributed by atoms with E-state index in [0.717, 1.165) is 0 Å². The van der Waals surface area contributed by atoms with Crippen molar-refractivity contribution in [2.45, 2.75) is 9.97 Å². The fraction of sp³-hybridized carbons (Fsp3) is 0.500. The molecule has 0 N–H and O–H groups in total. The number of alkyl halides is 6. The van der Waals surface area contributed by atoms with E-state index in [1.807, 2.05) is 0 Å². The summed E-state index contributed by atoms with van der Waals surface area (Å²) in [7, 11) is 0. The zero-order chi connectivity index (χ0) is 9.00.